The maximum atomic E-state index is 12.2. The predicted molar refractivity (Wildman–Crippen MR) is 77.6 cm³/mol. The van der Waals surface area contributed by atoms with Crippen LogP contribution in [0.4, 0.5) is 5.69 Å². The van der Waals surface area contributed by atoms with Crippen LogP contribution in [0.3, 0.4) is 0 Å². The van der Waals surface area contributed by atoms with Crippen molar-refractivity contribution in [2.75, 3.05) is 0 Å². The Bertz CT molecular complexity index is 685. The molecule has 0 saturated carbocycles. The van der Waals surface area contributed by atoms with Crippen molar-refractivity contribution in [3.05, 3.63) is 32.9 Å². The third-order valence-corrected chi connectivity index (χ3v) is 4.26. The van der Waals surface area contributed by atoms with Crippen molar-refractivity contribution < 1.29 is 13.3 Å². The minimum atomic E-state index is -4.02. The van der Waals surface area contributed by atoms with Crippen molar-refractivity contribution in [2.24, 2.45) is 5.73 Å². The van der Waals surface area contributed by atoms with Crippen LogP contribution in [0.15, 0.2) is 11.0 Å². The molecule has 8 nitrogen and oxygen atoms in total. The van der Waals surface area contributed by atoms with Gasteiger partial charge in [-0.25, -0.2) is 8.42 Å². The third-order valence-electron chi connectivity index (χ3n) is 2.62. The second kappa shape index (κ2) is 5.69. The normalized spacial score (nSPS) is 11.2. The lowest BCUT2D eigenvalue weighted by Gasteiger charge is -2.14. The van der Waals surface area contributed by atoms with Gasteiger partial charge >= 0.3 is 0 Å². The number of hydrogen-bond acceptors (Lipinski definition) is 5. The highest BCUT2D eigenvalue weighted by Gasteiger charge is 2.27. The number of nitrogens with two attached hydrogens (primary N) is 1. The van der Waals surface area contributed by atoms with Crippen molar-refractivity contribution in [1.29, 1.82) is 0 Å². The van der Waals surface area contributed by atoms with E-state index in [2.05, 4.69) is 17.6 Å². The molecular weight excluding hydrogens is 304 g/mol. The molecule has 0 bridgehead atoms. The van der Waals surface area contributed by atoms with Gasteiger partial charge in [0.2, 0.25) is 0 Å². The van der Waals surface area contributed by atoms with Crippen LogP contribution in [-0.4, -0.2) is 18.5 Å². The summed E-state index contributed by atoms with van der Waals surface area (Å²) in [5.41, 5.74) is 7.86. The number of sulfonamides is 1. The molecular formula is C10H14N4O4S2. The number of hydrogen-bond donors (Lipinski definition) is 3. The molecule has 0 spiro atoms. The van der Waals surface area contributed by atoms with Crippen molar-refractivity contribution in [3.63, 3.8) is 0 Å². The zero-order valence-corrected chi connectivity index (χ0v) is 12.7. The first-order valence-corrected chi connectivity index (χ1v) is 7.29. The lowest BCUT2D eigenvalue weighted by Crippen LogP contribution is -2.44. The second-order valence-electron chi connectivity index (χ2n) is 4.16. The number of nitrogens with zero attached hydrogens (tertiary/aromatic N) is 1. The zero-order valence-electron chi connectivity index (χ0n) is 11.1. The molecule has 0 atom stereocenters. The van der Waals surface area contributed by atoms with E-state index in [0.29, 0.717) is 11.1 Å². The van der Waals surface area contributed by atoms with Gasteiger partial charge in [0.05, 0.1) is 9.82 Å². The molecule has 1 aromatic carbocycles. The molecule has 110 valence electrons. The SMILES string of the molecule is Cc1cc(C)c(S(=O)(=O)NNC(N)=S)c(C)c1[N+](=O)[O-]. The molecule has 0 saturated heterocycles. The number of thiocarbonyl (C=S) groups is 1. The molecule has 0 unspecified atom stereocenters. The number of benzene rings is 1. The van der Waals surface area contributed by atoms with E-state index in [1.54, 1.807) is 13.8 Å². The first kappa shape index (κ1) is 16.3. The summed E-state index contributed by atoms with van der Waals surface area (Å²) in [5.74, 6) is 0. The maximum Gasteiger partial charge on any atom is 0.276 e. The van der Waals surface area contributed by atoms with Gasteiger partial charge in [0.15, 0.2) is 5.11 Å². The van der Waals surface area contributed by atoms with Crippen LogP contribution >= 0.6 is 12.2 Å². The van der Waals surface area contributed by atoms with Gasteiger partial charge in [-0.05, 0) is 44.6 Å². The largest absolute Gasteiger partial charge is 0.375 e. The van der Waals surface area contributed by atoms with Gasteiger partial charge in [0.1, 0.15) is 0 Å². The molecule has 0 amide bonds. The highest BCUT2D eigenvalue weighted by atomic mass is 32.2. The van der Waals surface area contributed by atoms with Crippen molar-refractivity contribution in [1.82, 2.24) is 10.3 Å². The summed E-state index contributed by atoms with van der Waals surface area (Å²) in [7, 11) is -4.02. The Kier molecular flexibility index (Phi) is 4.63. The van der Waals surface area contributed by atoms with Gasteiger partial charge < -0.3 is 5.73 Å². The summed E-state index contributed by atoms with van der Waals surface area (Å²) in [6.45, 7) is 4.49. The number of nitrogens with one attached hydrogen (secondary N) is 2. The lowest BCUT2D eigenvalue weighted by molar-refractivity contribution is -0.386. The van der Waals surface area contributed by atoms with Crippen molar-refractivity contribution >= 4 is 33.0 Å². The summed E-state index contributed by atoms with van der Waals surface area (Å²) in [6.07, 6.45) is 0. The van der Waals surface area contributed by atoms with Crippen LogP contribution in [0.25, 0.3) is 0 Å². The topological polar surface area (TPSA) is 127 Å². The van der Waals surface area contributed by atoms with Gasteiger partial charge in [-0.15, -0.1) is 4.83 Å². The Morgan fingerprint density at radius 3 is 2.35 bits per heavy atom. The fraction of sp³-hybridized carbons (Fsp3) is 0.300. The summed E-state index contributed by atoms with van der Waals surface area (Å²) in [4.78, 5) is 12.2. The summed E-state index contributed by atoms with van der Waals surface area (Å²) in [6, 6.07) is 1.44. The van der Waals surface area contributed by atoms with E-state index in [0.717, 1.165) is 0 Å². The quantitative estimate of drug-likeness (QED) is 0.420. The van der Waals surface area contributed by atoms with Crippen LogP contribution in [0, 0.1) is 30.9 Å². The lowest BCUT2D eigenvalue weighted by atomic mass is 10.1. The molecule has 0 heterocycles. The fourth-order valence-corrected chi connectivity index (χ4v) is 3.47. The van der Waals surface area contributed by atoms with Crippen LogP contribution < -0.4 is 16.0 Å². The van der Waals surface area contributed by atoms with Gasteiger partial charge in [0.25, 0.3) is 15.7 Å². The molecule has 0 aliphatic carbocycles. The first-order valence-electron chi connectivity index (χ1n) is 5.40. The third kappa shape index (κ3) is 3.21. The molecule has 0 radical (unpaired) electrons. The summed E-state index contributed by atoms with van der Waals surface area (Å²) >= 11 is 4.50. The van der Waals surface area contributed by atoms with E-state index in [1.165, 1.54) is 13.0 Å². The van der Waals surface area contributed by atoms with Crippen molar-refractivity contribution in [3.8, 4) is 0 Å². The number of rotatable bonds is 4. The van der Waals surface area contributed by atoms with Gasteiger partial charge in [-0.2, -0.15) is 0 Å². The van der Waals surface area contributed by atoms with E-state index in [4.69, 9.17) is 5.73 Å². The Morgan fingerprint density at radius 2 is 1.90 bits per heavy atom. The predicted octanol–water partition coefficient (Wildman–Crippen LogP) is 0.547. The fourth-order valence-electron chi connectivity index (χ4n) is 2.02. The molecule has 0 fully saturated rings. The number of aryl methyl sites for hydroxylation is 2. The molecule has 10 heteroatoms. The highest BCUT2D eigenvalue weighted by molar-refractivity contribution is 7.89. The molecule has 1 rings (SSSR count). The molecule has 0 aliphatic rings. The van der Waals surface area contributed by atoms with Crippen LogP contribution in [0.1, 0.15) is 16.7 Å². The van der Waals surface area contributed by atoms with Crippen LogP contribution in [-0.2, 0) is 10.0 Å². The van der Waals surface area contributed by atoms with Gasteiger partial charge in [0, 0.05) is 11.1 Å². The molecule has 1 aromatic rings. The average molecular weight is 318 g/mol. The monoisotopic (exact) mass is 318 g/mol. The molecule has 0 aromatic heterocycles. The van der Waals surface area contributed by atoms with E-state index in [9.17, 15) is 18.5 Å². The second-order valence-corrected chi connectivity index (χ2v) is 6.22. The van der Waals surface area contributed by atoms with Gasteiger partial charge in [-0.1, -0.05) is 0 Å². The number of nitro benzene ring substituents is 1. The molecule has 20 heavy (non-hydrogen) atoms. The molecule has 0 aliphatic heterocycles. The average Bonchev–Trinajstić information content (AvgIpc) is 2.24. The standard InChI is InChI=1S/C10H14N4O4S2/c1-5-4-6(2)9(7(3)8(5)14(15)16)20(17,18)13-12-10(11)19/h4,13H,1-3H3,(H3,11,12,19). The van der Waals surface area contributed by atoms with Crippen molar-refractivity contribution in [2.45, 2.75) is 25.7 Å². The Morgan fingerprint density at radius 1 is 1.35 bits per heavy atom. The Hall–Kier alpha value is -1.78. The summed E-state index contributed by atoms with van der Waals surface area (Å²) < 4.78 is 24.3. The maximum absolute atomic E-state index is 12.2. The minimum Gasteiger partial charge on any atom is -0.375 e. The van der Waals surface area contributed by atoms with E-state index < -0.39 is 14.9 Å². The van der Waals surface area contributed by atoms with E-state index in [1.807, 2.05) is 4.83 Å². The Balaban J connectivity index is 3.49. The zero-order chi connectivity index (χ0) is 15.7. The van der Waals surface area contributed by atoms with E-state index in [-0.39, 0.29) is 21.3 Å². The van der Waals surface area contributed by atoms with Crippen LogP contribution in [0.2, 0.25) is 0 Å². The number of nitro groups is 1. The Labute approximate surface area is 121 Å². The van der Waals surface area contributed by atoms with Crippen LogP contribution in [0.5, 0.6) is 0 Å². The highest BCUT2D eigenvalue weighted by Crippen LogP contribution is 2.31. The first-order chi connectivity index (χ1) is 9.08. The molecule has 4 N–H and O–H groups in total. The van der Waals surface area contributed by atoms with Gasteiger partial charge in [-0.3, -0.25) is 15.5 Å². The van der Waals surface area contributed by atoms with E-state index >= 15 is 0 Å². The minimum absolute atomic E-state index is 0.0599. The number of hydrazine groups is 1. The summed E-state index contributed by atoms with van der Waals surface area (Å²) in [5, 5.41) is 10.8. The smallest absolute Gasteiger partial charge is 0.276 e.